The second-order valence-electron chi connectivity index (χ2n) is 5.21. The summed E-state index contributed by atoms with van der Waals surface area (Å²) in [6.07, 6.45) is 1.64. The van der Waals surface area contributed by atoms with Gasteiger partial charge < -0.3 is 21.5 Å². The van der Waals surface area contributed by atoms with Gasteiger partial charge in [0.25, 0.3) is 0 Å². The number of nitrogens with two attached hydrogens (primary N) is 2. The molecule has 1 fully saturated rings. The molecule has 7 nitrogen and oxygen atoms in total. The van der Waals surface area contributed by atoms with Crippen molar-refractivity contribution >= 4 is 17.6 Å². The van der Waals surface area contributed by atoms with E-state index in [0.717, 1.165) is 37.4 Å². The molecule has 0 aromatic heterocycles. The quantitative estimate of drug-likeness (QED) is 0.723. The molecule has 0 aliphatic carbocycles. The largest absolute Gasteiger partial charge is 0.497 e. The van der Waals surface area contributed by atoms with Crippen LogP contribution in [-0.2, 0) is 0 Å². The molecule has 2 aliphatic heterocycles. The molecule has 21 heavy (non-hydrogen) atoms. The van der Waals surface area contributed by atoms with Gasteiger partial charge in [-0.3, -0.25) is 4.90 Å². The van der Waals surface area contributed by atoms with Crippen LogP contribution in [0.25, 0.3) is 0 Å². The van der Waals surface area contributed by atoms with Crippen LogP contribution in [0.15, 0.2) is 34.3 Å². The fraction of sp³-hybridized carbons (Fsp3) is 0.429. The number of benzene rings is 1. The zero-order chi connectivity index (χ0) is 14.9. The van der Waals surface area contributed by atoms with E-state index in [4.69, 9.17) is 16.2 Å². The van der Waals surface area contributed by atoms with E-state index in [1.807, 2.05) is 29.2 Å². The summed E-state index contributed by atoms with van der Waals surface area (Å²) in [7, 11) is 1.64. The zero-order valence-electron chi connectivity index (χ0n) is 12.0. The first-order valence-corrected chi connectivity index (χ1v) is 6.99. The summed E-state index contributed by atoms with van der Waals surface area (Å²) >= 11 is 0. The highest BCUT2D eigenvalue weighted by Gasteiger charge is 2.42. The van der Waals surface area contributed by atoms with Crippen LogP contribution in [0.1, 0.15) is 12.8 Å². The van der Waals surface area contributed by atoms with Gasteiger partial charge in [-0.25, -0.2) is 4.99 Å². The number of guanidine groups is 2. The van der Waals surface area contributed by atoms with E-state index in [-0.39, 0.29) is 5.96 Å². The summed E-state index contributed by atoms with van der Waals surface area (Å²) in [6.45, 7) is 1.73. The SMILES string of the molecule is COc1cccc(N2C(N)=NC(N)=NC23CCNCC3)c1. The number of nitrogens with one attached hydrogen (secondary N) is 1. The Morgan fingerprint density at radius 3 is 2.76 bits per heavy atom. The minimum absolute atomic E-state index is 0.244. The molecule has 1 aromatic rings. The van der Waals surface area contributed by atoms with E-state index in [1.54, 1.807) is 7.11 Å². The molecule has 1 aromatic carbocycles. The summed E-state index contributed by atoms with van der Waals surface area (Å²) in [5.74, 6) is 1.39. The van der Waals surface area contributed by atoms with Crippen molar-refractivity contribution in [3.63, 3.8) is 0 Å². The molecule has 0 saturated carbocycles. The highest BCUT2D eigenvalue weighted by Crippen LogP contribution is 2.35. The van der Waals surface area contributed by atoms with E-state index in [9.17, 15) is 0 Å². The second-order valence-corrected chi connectivity index (χ2v) is 5.21. The van der Waals surface area contributed by atoms with E-state index in [1.165, 1.54) is 0 Å². The fourth-order valence-electron chi connectivity index (χ4n) is 2.95. The van der Waals surface area contributed by atoms with Crippen molar-refractivity contribution in [3.05, 3.63) is 24.3 Å². The summed E-state index contributed by atoms with van der Waals surface area (Å²) in [4.78, 5) is 10.7. The molecular formula is C14H20N6O. The topological polar surface area (TPSA) is 101 Å². The number of ether oxygens (including phenoxy) is 1. The van der Waals surface area contributed by atoms with Crippen LogP contribution in [-0.4, -0.2) is 37.8 Å². The van der Waals surface area contributed by atoms with Gasteiger partial charge in [-0.2, -0.15) is 4.99 Å². The van der Waals surface area contributed by atoms with Crippen molar-refractivity contribution in [2.45, 2.75) is 18.5 Å². The lowest BCUT2D eigenvalue weighted by Crippen LogP contribution is -2.61. The Morgan fingerprint density at radius 2 is 2.05 bits per heavy atom. The Morgan fingerprint density at radius 1 is 1.29 bits per heavy atom. The van der Waals surface area contributed by atoms with Gasteiger partial charge in [-0.15, -0.1) is 0 Å². The summed E-state index contributed by atoms with van der Waals surface area (Å²) in [6, 6.07) is 7.74. The first-order chi connectivity index (χ1) is 10.1. The van der Waals surface area contributed by atoms with Crippen LogP contribution in [0, 0.1) is 0 Å². The van der Waals surface area contributed by atoms with Crippen molar-refractivity contribution in [3.8, 4) is 5.75 Å². The summed E-state index contributed by atoms with van der Waals surface area (Å²) in [5.41, 5.74) is 12.4. The van der Waals surface area contributed by atoms with Crippen molar-refractivity contribution in [2.24, 2.45) is 21.5 Å². The van der Waals surface area contributed by atoms with Crippen molar-refractivity contribution in [1.82, 2.24) is 5.32 Å². The number of anilines is 1. The van der Waals surface area contributed by atoms with Gasteiger partial charge in [0.05, 0.1) is 7.11 Å². The monoisotopic (exact) mass is 288 g/mol. The Labute approximate surface area is 123 Å². The molecule has 1 spiro atoms. The van der Waals surface area contributed by atoms with Crippen molar-refractivity contribution in [1.29, 1.82) is 0 Å². The van der Waals surface area contributed by atoms with Crippen LogP contribution in [0.3, 0.4) is 0 Å². The number of methoxy groups -OCH3 is 1. The smallest absolute Gasteiger partial charge is 0.220 e. The number of aliphatic imine (C=N–C) groups is 2. The third kappa shape index (κ3) is 2.40. The van der Waals surface area contributed by atoms with Crippen LogP contribution in [0.4, 0.5) is 5.69 Å². The van der Waals surface area contributed by atoms with Gasteiger partial charge >= 0.3 is 0 Å². The van der Waals surface area contributed by atoms with Gasteiger partial charge in [0, 0.05) is 24.6 Å². The number of piperidine rings is 1. The molecule has 5 N–H and O–H groups in total. The highest BCUT2D eigenvalue weighted by atomic mass is 16.5. The molecule has 1 saturated heterocycles. The molecule has 0 atom stereocenters. The predicted molar refractivity (Wildman–Crippen MR) is 83.6 cm³/mol. The minimum atomic E-state index is -0.465. The Hall–Kier alpha value is -2.28. The van der Waals surface area contributed by atoms with Gasteiger partial charge in [0.2, 0.25) is 11.9 Å². The van der Waals surface area contributed by atoms with E-state index in [2.05, 4.69) is 15.3 Å². The molecule has 0 unspecified atom stereocenters. The highest BCUT2D eigenvalue weighted by molar-refractivity contribution is 6.05. The molecule has 7 heteroatoms. The van der Waals surface area contributed by atoms with Gasteiger partial charge in [-0.1, -0.05) is 6.07 Å². The number of nitrogens with zero attached hydrogens (tertiary/aromatic N) is 3. The normalized spacial score (nSPS) is 20.9. The van der Waals surface area contributed by atoms with Gasteiger partial charge in [0.15, 0.2) is 0 Å². The molecule has 112 valence electrons. The molecule has 3 rings (SSSR count). The lowest BCUT2D eigenvalue weighted by molar-refractivity contribution is 0.319. The molecule has 2 aliphatic rings. The zero-order valence-corrected chi connectivity index (χ0v) is 12.0. The average molecular weight is 288 g/mol. The Balaban J connectivity index is 2.06. The molecule has 0 amide bonds. The van der Waals surface area contributed by atoms with Gasteiger partial charge in [0.1, 0.15) is 11.4 Å². The van der Waals surface area contributed by atoms with Crippen LogP contribution < -0.4 is 26.4 Å². The Bertz CT molecular complexity index is 591. The standard InChI is InChI=1S/C14H20N6O/c1-21-11-4-2-3-10(9-11)20-13(16)18-12(15)19-14(20)5-7-17-8-6-14/h2-4,9,17H,5-8H2,1H3,(H4,15,16,18,19). The lowest BCUT2D eigenvalue weighted by Gasteiger charge is -2.45. The minimum Gasteiger partial charge on any atom is -0.497 e. The maximum atomic E-state index is 6.15. The molecule has 0 radical (unpaired) electrons. The molecule has 2 heterocycles. The van der Waals surface area contributed by atoms with E-state index < -0.39 is 5.66 Å². The number of rotatable bonds is 2. The van der Waals surface area contributed by atoms with E-state index in [0.29, 0.717) is 5.96 Å². The third-order valence-electron chi connectivity index (χ3n) is 3.91. The van der Waals surface area contributed by atoms with Crippen molar-refractivity contribution < 1.29 is 4.74 Å². The first kappa shape index (κ1) is 13.7. The number of hydrogen-bond acceptors (Lipinski definition) is 7. The predicted octanol–water partition coefficient (Wildman–Crippen LogP) is 0.224. The Kier molecular flexibility index (Phi) is 3.42. The third-order valence-corrected chi connectivity index (χ3v) is 3.91. The molecule has 0 bridgehead atoms. The van der Waals surface area contributed by atoms with Crippen LogP contribution in [0.2, 0.25) is 0 Å². The fourth-order valence-corrected chi connectivity index (χ4v) is 2.95. The lowest BCUT2D eigenvalue weighted by atomic mass is 9.95. The average Bonchev–Trinajstić information content (AvgIpc) is 2.47. The first-order valence-electron chi connectivity index (χ1n) is 6.99. The van der Waals surface area contributed by atoms with Gasteiger partial charge in [-0.05, 0) is 25.2 Å². The van der Waals surface area contributed by atoms with Crippen LogP contribution >= 0.6 is 0 Å². The summed E-state index contributed by atoms with van der Waals surface area (Å²) in [5, 5.41) is 3.34. The second kappa shape index (κ2) is 5.25. The van der Waals surface area contributed by atoms with Crippen LogP contribution in [0.5, 0.6) is 5.75 Å². The summed E-state index contributed by atoms with van der Waals surface area (Å²) < 4.78 is 5.30. The maximum Gasteiger partial charge on any atom is 0.220 e. The van der Waals surface area contributed by atoms with E-state index >= 15 is 0 Å². The maximum absolute atomic E-state index is 6.15. The number of hydrogen-bond donors (Lipinski definition) is 3. The molecular weight excluding hydrogens is 268 g/mol. The van der Waals surface area contributed by atoms with Crippen molar-refractivity contribution in [2.75, 3.05) is 25.1 Å².